The van der Waals surface area contributed by atoms with Gasteiger partial charge in [0.15, 0.2) is 0 Å². The van der Waals surface area contributed by atoms with E-state index >= 15 is 0 Å². The van der Waals surface area contributed by atoms with Crippen molar-refractivity contribution in [3.05, 3.63) is 64.2 Å². The van der Waals surface area contributed by atoms with Gasteiger partial charge in [-0.1, -0.05) is 35.9 Å². The number of halogens is 1. The SMILES string of the molecule is COc1ccccc1C(C)NC(=O)c1ccc(C)cc1Cl. The Bertz CT molecular complexity index is 655. The third-order valence-electron chi connectivity index (χ3n) is 3.32. The van der Waals surface area contributed by atoms with Gasteiger partial charge in [0.05, 0.1) is 23.7 Å². The van der Waals surface area contributed by atoms with Gasteiger partial charge < -0.3 is 10.1 Å². The molecule has 4 heteroatoms. The predicted octanol–water partition coefficient (Wildman–Crippen LogP) is 4.15. The Hall–Kier alpha value is -2.00. The van der Waals surface area contributed by atoms with Crippen LogP contribution in [0, 0.1) is 6.92 Å². The summed E-state index contributed by atoms with van der Waals surface area (Å²) in [6, 6.07) is 12.8. The summed E-state index contributed by atoms with van der Waals surface area (Å²) in [5.41, 5.74) is 2.43. The number of amides is 1. The molecule has 2 rings (SSSR count). The van der Waals surface area contributed by atoms with Crippen LogP contribution in [0.4, 0.5) is 0 Å². The van der Waals surface area contributed by atoms with E-state index in [0.717, 1.165) is 16.9 Å². The third-order valence-corrected chi connectivity index (χ3v) is 3.63. The maximum atomic E-state index is 12.3. The number of ether oxygens (including phenoxy) is 1. The molecule has 0 fully saturated rings. The molecule has 0 aliphatic heterocycles. The summed E-state index contributed by atoms with van der Waals surface area (Å²) in [6.45, 7) is 3.85. The van der Waals surface area contributed by atoms with E-state index in [0.29, 0.717) is 10.6 Å². The van der Waals surface area contributed by atoms with E-state index in [1.165, 1.54) is 0 Å². The fourth-order valence-electron chi connectivity index (χ4n) is 2.18. The van der Waals surface area contributed by atoms with Crippen molar-refractivity contribution in [3.8, 4) is 5.75 Å². The smallest absolute Gasteiger partial charge is 0.253 e. The van der Waals surface area contributed by atoms with Gasteiger partial charge in [-0.05, 0) is 37.6 Å². The van der Waals surface area contributed by atoms with Crippen LogP contribution >= 0.6 is 11.6 Å². The van der Waals surface area contributed by atoms with Crippen LogP contribution in [0.25, 0.3) is 0 Å². The van der Waals surface area contributed by atoms with Gasteiger partial charge in [0.2, 0.25) is 0 Å². The minimum absolute atomic E-state index is 0.175. The number of hydrogen-bond acceptors (Lipinski definition) is 2. The highest BCUT2D eigenvalue weighted by Crippen LogP contribution is 2.25. The molecule has 0 heterocycles. The first kappa shape index (κ1) is 15.4. The Morgan fingerprint density at radius 3 is 2.62 bits per heavy atom. The highest BCUT2D eigenvalue weighted by atomic mass is 35.5. The molecule has 0 saturated carbocycles. The van der Waals surface area contributed by atoms with Crippen LogP contribution in [-0.4, -0.2) is 13.0 Å². The lowest BCUT2D eigenvalue weighted by Crippen LogP contribution is -2.27. The standard InChI is InChI=1S/C17H18ClNO2/c1-11-8-9-14(15(18)10-11)17(20)19-12(2)13-6-4-5-7-16(13)21-3/h4-10,12H,1-3H3,(H,19,20). The van der Waals surface area contributed by atoms with Crippen LogP contribution in [0.15, 0.2) is 42.5 Å². The van der Waals surface area contributed by atoms with Gasteiger partial charge in [-0.15, -0.1) is 0 Å². The van der Waals surface area contributed by atoms with Gasteiger partial charge in [0, 0.05) is 5.56 Å². The quantitative estimate of drug-likeness (QED) is 0.921. The second-order valence-electron chi connectivity index (χ2n) is 4.92. The first-order chi connectivity index (χ1) is 10.0. The number of aryl methyl sites for hydroxylation is 1. The van der Waals surface area contributed by atoms with Crippen molar-refractivity contribution in [2.24, 2.45) is 0 Å². The lowest BCUT2D eigenvalue weighted by atomic mass is 10.1. The minimum Gasteiger partial charge on any atom is -0.496 e. The zero-order valence-corrected chi connectivity index (χ0v) is 13.1. The first-order valence-corrected chi connectivity index (χ1v) is 7.10. The molecule has 0 aromatic heterocycles. The van der Waals surface area contributed by atoms with Crippen molar-refractivity contribution in [1.82, 2.24) is 5.32 Å². The molecule has 110 valence electrons. The summed E-state index contributed by atoms with van der Waals surface area (Å²) in [5, 5.41) is 3.40. The number of benzene rings is 2. The van der Waals surface area contributed by atoms with Crippen molar-refractivity contribution in [3.63, 3.8) is 0 Å². The lowest BCUT2D eigenvalue weighted by molar-refractivity contribution is 0.0939. The normalized spacial score (nSPS) is 11.8. The number of rotatable bonds is 4. The molecule has 2 aromatic carbocycles. The molecule has 1 amide bonds. The Morgan fingerprint density at radius 2 is 1.95 bits per heavy atom. The van der Waals surface area contributed by atoms with Crippen molar-refractivity contribution >= 4 is 17.5 Å². The molecule has 0 saturated heterocycles. The van der Waals surface area contributed by atoms with Gasteiger partial charge >= 0.3 is 0 Å². The van der Waals surface area contributed by atoms with E-state index in [2.05, 4.69) is 5.32 Å². The van der Waals surface area contributed by atoms with Crippen molar-refractivity contribution in [1.29, 1.82) is 0 Å². The van der Waals surface area contributed by atoms with Gasteiger partial charge in [-0.3, -0.25) is 4.79 Å². The van der Waals surface area contributed by atoms with Crippen LogP contribution < -0.4 is 10.1 Å². The highest BCUT2D eigenvalue weighted by Gasteiger charge is 2.16. The van der Waals surface area contributed by atoms with Crippen LogP contribution in [0.1, 0.15) is 34.5 Å². The maximum Gasteiger partial charge on any atom is 0.253 e. The Balaban J connectivity index is 2.19. The van der Waals surface area contributed by atoms with Gasteiger partial charge in [-0.25, -0.2) is 0 Å². The third kappa shape index (κ3) is 3.56. The molecule has 3 nitrogen and oxygen atoms in total. The monoisotopic (exact) mass is 303 g/mol. The van der Waals surface area contributed by atoms with Crippen LogP contribution in [-0.2, 0) is 0 Å². The second kappa shape index (κ2) is 6.64. The van der Waals surface area contributed by atoms with Crippen molar-refractivity contribution < 1.29 is 9.53 Å². The zero-order chi connectivity index (χ0) is 15.4. The molecule has 0 bridgehead atoms. The fourth-order valence-corrected chi connectivity index (χ4v) is 2.50. The summed E-state index contributed by atoms with van der Waals surface area (Å²) in [7, 11) is 1.62. The van der Waals surface area contributed by atoms with E-state index < -0.39 is 0 Å². The number of nitrogens with one attached hydrogen (secondary N) is 1. The fraction of sp³-hybridized carbons (Fsp3) is 0.235. The summed E-state index contributed by atoms with van der Waals surface area (Å²) < 4.78 is 5.32. The number of para-hydroxylation sites is 1. The molecule has 2 aromatic rings. The molecule has 1 atom stereocenters. The molecular weight excluding hydrogens is 286 g/mol. The number of carbonyl (C=O) groups is 1. The molecule has 0 aliphatic carbocycles. The maximum absolute atomic E-state index is 12.3. The average molecular weight is 304 g/mol. The number of methoxy groups -OCH3 is 1. The highest BCUT2D eigenvalue weighted by molar-refractivity contribution is 6.33. The largest absolute Gasteiger partial charge is 0.496 e. The molecule has 1 N–H and O–H groups in total. The molecule has 0 spiro atoms. The Kier molecular flexibility index (Phi) is 4.86. The predicted molar refractivity (Wildman–Crippen MR) is 85.1 cm³/mol. The lowest BCUT2D eigenvalue weighted by Gasteiger charge is -2.17. The van der Waals surface area contributed by atoms with Crippen LogP contribution in [0.2, 0.25) is 5.02 Å². The van der Waals surface area contributed by atoms with Gasteiger partial charge in [-0.2, -0.15) is 0 Å². The summed E-state index contributed by atoms with van der Waals surface area (Å²) in [4.78, 5) is 12.3. The molecule has 0 aliphatic rings. The van der Waals surface area contributed by atoms with E-state index in [4.69, 9.17) is 16.3 Å². The van der Waals surface area contributed by atoms with Crippen molar-refractivity contribution in [2.45, 2.75) is 19.9 Å². The molecule has 21 heavy (non-hydrogen) atoms. The Labute approximate surface area is 129 Å². The van der Waals surface area contributed by atoms with E-state index in [1.54, 1.807) is 19.2 Å². The number of carbonyl (C=O) groups excluding carboxylic acids is 1. The Morgan fingerprint density at radius 1 is 1.24 bits per heavy atom. The first-order valence-electron chi connectivity index (χ1n) is 6.73. The van der Waals surface area contributed by atoms with Gasteiger partial charge in [0.1, 0.15) is 5.75 Å². The summed E-state index contributed by atoms with van der Waals surface area (Å²) >= 11 is 6.13. The molecular formula is C17H18ClNO2. The summed E-state index contributed by atoms with van der Waals surface area (Å²) in [5.74, 6) is 0.554. The molecule has 1 unspecified atom stereocenters. The second-order valence-corrected chi connectivity index (χ2v) is 5.33. The summed E-state index contributed by atoms with van der Waals surface area (Å²) in [6.07, 6.45) is 0. The van der Waals surface area contributed by atoms with E-state index in [-0.39, 0.29) is 11.9 Å². The van der Waals surface area contributed by atoms with Crippen LogP contribution in [0.5, 0.6) is 5.75 Å². The zero-order valence-electron chi connectivity index (χ0n) is 12.3. The topological polar surface area (TPSA) is 38.3 Å². The molecule has 0 radical (unpaired) electrons. The van der Waals surface area contributed by atoms with Crippen LogP contribution in [0.3, 0.4) is 0 Å². The van der Waals surface area contributed by atoms with Crippen molar-refractivity contribution in [2.75, 3.05) is 7.11 Å². The average Bonchev–Trinajstić information content (AvgIpc) is 2.46. The van der Waals surface area contributed by atoms with E-state index in [1.807, 2.05) is 44.2 Å². The number of hydrogen-bond donors (Lipinski definition) is 1. The van der Waals surface area contributed by atoms with E-state index in [9.17, 15) is 4.79 Å². The van der Waals surface area contributed by atoms with Gasteiger partial charge in [0.25, 0.3) is 5.91 Å². The minimum atomic E-state index is -0.196.